The lowest BCUT2D eigenvalue weighted by Crippen LogP contribution is -2.50. The molecule has 25 heavy (non-hydrogen) atoms. The molecule has 6 nitrogen and oxygen atoms in total. The van der Waals surface area contributed by atoms with Gasteiger partial charge in [0.05, 0.1) is 12.3 Å². The highest BCUT2D eigenvalue weighted by Gasteiger charge is 2.22. The highest BCUT2D eigenvalue weighted by atomic mass is 16.5. The number of β-amino-alcohol motifs (C(OH)–C–C–N with tert-alkyl or cyclic N) is 1. The summed E-state index contributed by atoms with van der Waals surface area (Å²) in [5, 5.41) is 9.45. The minimum absolute atomic E-state index is 0.0321. The number of amides is 1. The number of hydrogen-bond acceptors (Lipinski definition) is 5. The Morgan fingerprint density at radius 2 is 1.88 bits per heavy atom. The Balaban J connectivity index is 1.56. The van der Waals surface area contributed by atoms with Crippen LogP contribution in [0.4, 0.5) is 0 Å². The molecule has 1 aliphatic heterocycles. The maximum Gasteiger partial charge on any atom is 0.253 e. The number of nitrogens with zero attached hydrogens (tertiary/aromatic N) is 3. The third kappa shape index (κ3) is 4.78. The standard InChI is InChI=1S/C19H23N3O3/c1-15(23)14-21-9-11-22(12-10-21)19(24)16-4-6-17(7-5-16)25-18-3-2-8-20-13-18/h2-8,13,15,23H,9-12,14H2,1H3/t15-/m1/s1. The number of aliphatic hydroxyl groups is 1. The van der Waals surface area contributed by atoms with Gasteiger partial charge >= 0.3 is 0 Å². The zero-order valence-electron chi connectivity index (χ0n) is 14.3. The number of carbonyl (C=O) groups is 1. The molecule has 3 rings (SSSR count). The molecule has 0 radical (unpaired) electrons. The third-order valence-electron chi connectivity index (χ3n) is 4.15. The Morgan fingerprint density at radius 1 is 1.16 bits per heavy atom. The minimum Gasteiger partial charge on any atom is -0.456 e. The number of piperazine rings is 1. The molecule has 0 unspecified atom stereocenters. The molecular weight excluding hydrogens is 318 g/mol. The lowest BCUT2D eigenvalue weighted by atomic mass is 10.1. The molecule has 1 saturated heterocycles. The molecule has 0 bridgehead atoms. The van der Waals surface area contributed by atoms with Crippen LogP contribution in [-0.2, 0) is 0 Å². The van der Waals surface area contributed by atoms with Crippen molar-refractivity contribution in [1.29, 1.82) is 0 Å². The molecule has 1 fully saturated rings. The van der Waals surface area contributed by atoms with Crippen LogP contribution < -0.4 is 4.74 Å². The molecule has 1 aromatic carbocycles. The molecule has 1 aliphatic rings. The number of aliphatic hydroxyl groups excluding tert-OH is 1. The number of hydrogen-bond donors (Lipinski definition) is 1. The second-order valence-corrected chi connectivity index (χ2v) is 6.26. The van der Waals surface area contributed by atoms with Crippen molar-refractivity contribution in [3.63, 3.8) is 0 Å². The SMILES string of the molecule is C[C@@H](O)CN1CCN(C(=O)c2ccc(Oc3cccnc3)cc2)CC1. The van der Waals surface area contributed by atoms with Crippen molar-refractivity contribution >= 4 is 5.91 Å². The van der Waals surface area contributed by atoms with Gasteiger partial charge in [-0.25, -0.2) is 0 Å². The van der Waals surface area contributed by atoms with Gasteiger partial charge < -0.3 is 14.7 Å². The van der Waals surface area contributed by atoms with E-state index in [0.29, 0.717) is 36.7 Å². The average Bonchev–Trinajstić information content (AvgIpc) is 2.63. The van der Waals surface area contributed by atoms with E-state index in [4.69, 9.17) is 4.74 Å². The van der Waals surface area contributed by atoms with Crippen LogP contribution >= 0.6 is 0 Å². The summed E-state index contributed by atoms with van der Waals surface area (Å²) >= 11 is 0. The lowest BCUT2D eigenvalue weighted by molar-refractivity contribution is 0.0554. The summed E-state index contributed by atoms with van der Waals surface area (Å²) in [5.41, 5.74) is 0.655. The summed E-state index contributed by atoms with van der Waals surface area (Å²) in [5.74, 6) is 1.37. The van der Waals surface area contributed by atoms with E-state index in [1.807, 2.05) is 17.0 Å². The largest absolute Gasteiger partial charge is 0.456 e. The van der Waals surface area contributed by atoms with Crippen LogP contribution in [0.25, 0.3) is 0 Å². The van der Waals surface area contributed by atoms with E-state index in [1.165, 1.54) is 0 Å². The Kier molecular flexibility index (Phi) is 5.63. The maximum atomic E-state index is 12.6. The fraction of sp³-hybridized carbons (Fsp3) is 0.368. The van der Waals surface area contributed by atoms with Gasteiger partial charge in [0.1, 0.15) is 11.5 Å². The zero-order valence-corrected chi connectivity index (χ0v) is 14.3. The van der Waals surface area contributed by atoms with Crippen LogP contribution in [0.2, 0.25) is 0 Å². The first-order valence-corrected chi connectivity index (χ1v) is 8.49. The fourth-order valence-electron chi connectivity index (χ4n) is 2.90. The van der Waals surface area contributed by atoms with Crippen molar-refractivity contribution in [3.05, 3.63) is 54.4 Å². The molecule has 0 spiro atoms. The summed E-state index contributed by atoms with van der Waals surface area (Å²) < 4.78 is 5.69. The Bertz CT molecular complexity index is 681. The van der Waals surface area contributed by atoms with Gasteiger partial charge in [0.2, 0.25) is 0 Å². The monoisotopic (exact) mass is 341 g/mol. The summed E-state index contributed by atoms with van der Waals surface area (Å²) in [6.07, 6.45) is 3.00. The predicted molar refractivity (Wildman–Crippen MR) is 94.8 cm³/mol. The van der Waals surface area contributed by atoms with Gasteiger partial charge in [-0.1, -0.05) is 0 Å². The molecular formula is C19H23N3O3. The van der Waals surface area contributed by atoms with E-state index >= 15 is 0 Å². The number of rotatable bonds is 5. The second-order valence-electron chi connectivity index (χ2n) is 6.26. The van der Waals surface area contributed by atoms with Gasteiger partial charge in [0.15, 0.2) is 0 Å². The van der Waals surface area contributed by atoms with Crippen molar-refractivity contribution in [2.75, 3.05) is 32.7 Å². The lowest BCUT2D eigenvalue weighted by Gasteiger charge is -2.35. The summed E-state index contributed by atoms with van der Waals surface area (Å²) in [4.78, 5) is 20.6. The van der Waals surface area contributed by atoms with Gasteiger partial charge in [-0.15, -0.1) is 0 Å². The van der Waals surface area contributed by atoms with E-state index < -0.39 is 0 Å². The van der Waals surface area contributed by atoms with Gasteiger partial charge in [-0.05, 0) is 43.3 Å². The van der Waals surface area contributed by atoms with Crippen LogP contribution in [0.1, 0.15) is 17.3 Å². The number of aromatic nitrogens is 1. The van der Waals surface area contributed by atoms with Crippen molar-refractivity contribution in [2.24, 2.45) is 0 Å². The molecule has 1 aromatic heterocycles. The van der Waals surface area contributed by atoms with Gasteiger partial charge in [0.25, 0.3) is 5.91 Å². The van der Waals surface area contributed by atoms with Gasteiger partial charge in [0, 0.05) is 44.5 Å². The molecule has 1 N–H and O–H groups in total. The first-order valence-electron chi connectivity index (χ1n) is 8.49. The summed E-state index contributed by atoms with van der Waals surface area (Å²) in [7, 11) is 0. The second kappa shape index (κ2) is 8.09. The van der Waals surface area contributed by atoms with Crippen LogP contribution in [0.5, 0.6) is 11.5 Å². The number of carbonyl (C=O) groups excluding carboxylic acids is 1. The maximum absolute atomic E-state index is 12.6. The van der Waals surface area contributed by atoms with Crippen molar-refractivity contribution in [2.45, 2.75) is 13.0 Å². The Morgan fingerprint density at radius 3 is 2.48 bits per heavy atom. The van der Waals surface area contributed by atoms with Crippen LogP contribution in [0, 0.1) is 0 Å². The predicted octanol–water partition coefficient (Wildman–Crippen LogP) is 2.01. The highest BCUT2D eigenvalue weighted by molar-refractivity contribution is 5.94. The summed E-state index contributed by atoms with van der Waals surface area (Å²) in [6.45, 7) is 5.38. The van der Waals surface area contributed by atoms with E-state index in [0.717, 1.165) is 13.1 Å². The van der Waals surface area contributed by atoms with Crippen molar-refractivity contribution in [1.82, 2.24) is 14.8 Å². The van der Waals surface area contributed by atoms with Crippen LogP contribution in [-0.4, -0.2) is 64.6 Å². The molecule has 2 aromatic rings. The van der Waals surface area contributed by atoms with Gasteiger partial charge in [-0.2, -0.15) is 0 Å². The van der Waals surface area contributed by atoms with E-state index in [9.17, 15) is 9.90 Å². The molecule has 1 atom stereocenters. The molecule has 0 saturated carbocycles. The van der Waals surface area contributed by atoms with Crippen molar-refractivity contribution < 1.29 is 14.6 Å². The Labute approximate surface area is 147 Å². The molecule has 2 heterocycles. The fourth-order valence-corrected chi connectivity index (χ4v) is 2.90. The normalized spacial score (nSPS) is 16.5. The topological polar surface area (TPSA) is 65.9 Å². The molecule has 0 aliphatic carbocycles. The first-order chi connectivity index (χ1) is 12.1. The average molecular weight is 341 g/mol. The van der Waals surface area contributed by atoms with E-state index in [-0.39, 0.29) is 12.0 Å². The quantitative estimate of drug-likeness (QED) is 0.901. The van der Waals surface area contributed by atoms with Gasteiger partial charge in [-0.3, -0.25) is 14.7 Å². The molecule has 1 amide bonds. The summed E-state index contributed by atoms with van der Waals surface area (Å²) in [6, 6.07) is 10.8. The Hall–Kier alpha value is -2.44. The number of ether oxygens (including phenoxy) is 1. The minimum atomic E-state index is -0.338. The first kappa shape index (κ1) is 17.4. The third-order valence-corrected chi connectivity index (χ3v) is 4.15. The van der Waals surface area contributed by atoms with Crippen LogP contribution in [0.3, 0.4) is 0 Å². The number of pyridine rings is 1. The zero-order chi connectivity index (χ0) is 17.6. The smallest absolute Gasteiger partial charge is 0.253 e. The highest BCUT2D eigenvalue weighted by Crippen LogP contribution is 2.21. The van der Waals surface area contributed by atoms with Crippen LogP contribution in [0.15, 0.2) is 48.8 Å². The molecule has 6 heteroatoms. The molecule has 132 valence electrons. The van der Waals surface area contributed by atoms with E-state index in [1.54, 1.807) is 43.6 Å². The van der Waals surface area contributed by atoms with Crippen molar-refractivity contribution in [3.8, 4) is 11.5 Å². The van der Waals surface area contributed by atoms with E-state index in [2.05, 4.69) is 9.88 Å². The number of benzene rings is 1.